The highest BCUT2D eigenvalue weighted by Crippen LogP contribution is 2.24. The molecule has 0 amide bonds. The Labute approximate surface area is 114 Å². The SMILES string of the molecule is COCCOCC1CCN(c2ccc(C#N)cc2)C1. The van der Waals surface area contributed by atoms with E-state index in [4.69, 9.17) is 14.7 Å². The van der Waals surface area contributed by atoms with Crippen LogP contribution in [0.15, 0.2) is 24.3 Å². The molecule has 0 aromatic heterocycles. The molecule has 102 valence electrons. The number of nitriles is 1. The number of benzene rings is 1. The van der Waals surface area contributed by atoms with Gasteiger partial charge in [-0.15, -0.1) is 0 Å². The zero-order valence-corrected chi connectivity index (χ0v) is 11.3. The van der Waals surface area contributed by atoms with Crippen LogP contribution >= 0.6 is 0 Å². The molecule has 0 aliphatic carbocycles. The maximum atomic E-state index is 8.79. The number of hydrogen-bond donors (Lipinski definition) is 0. The fourth-order valence-electron chi connectivity index (χ4n) is 2.34. The fourth-order valence-corrected chi connectivity index (χ4v) is 2.34. The predicted octanol–water partition coefficient (Wildman–Crippen LogP) is 2.05. The van der Waals surface area contributed by atoms with E-state index in [0.29, 0.717) is 24.7 Å². The van der Waals surface area contributed by atoms with Crippen molar-refractivity contribution in [2.75, 3.05) is 44.9 Å². The van der Waals surface area contributed by atoms with Crippen LogP contribution in [0.1, 0.15) is 12.0 Å². The summed E-state index contributed by atoms with van der Waals surface area (Å²) in [4.78, 5) is 2.35. The van der Waals surface area contributed by atoms with Crippen LogP contribution < -0.4 is 4.90 Å². The molecule has 0 N–H and O–H groups in total. The summed E-state index contributed by atoms with van der Waals surface area (Å²) < 4.78 is 10.5. The summed E-state index contributed by atoms with van der Waals surface area (Å²) >= 11 is 0. The molecule has 19 heavy (non-hydrogen) atoms. The third-order valence-corrected chi connectivity index (χ3v) is 3.43. The van der Waals surface area contributed by atoms with Gasteiger partial charge in [-0.25, -0.2) is 0 Å². The number of rotatable bonds is 6. The van der Waals surface area contributed by atoms with Crippen molar-refractivity contribution in [3.8, 4) is 6.07 Å². The van der Waals surface area contributed by atoms with Crippen LogP contribution in [0, 0.1) is 17.2 Å². The van der Waals surface area contributed by atoms with Crippen LogP contribution in [0.4, 0.5) is 5.69 Å². The van der Waals surface area contributed by atoms with Gasteiger partial charge in [-0.3, -0.25) is 0 Å². The Hall–Kier alpha value is -1.57. The zero-order chi connectivity index (χ0) is 13.5. The van der Waals surface area contributed by atoms with E-state index >= 15 is 0 Å². The molecule has 1 aromatic carbocycles. The van der Waals surface area contributed by atoms with Crippen molar-refractivity contribution in [3.63, 3.8) is 0 Å². The molecule has 1 atom stereocenters. The smallest absolute Gasteiger partial charge is 0.0991 e. The topological polar surface area (TPSA) is 45.5 Å². The van der Waals surface area contributed by atoms with Crippen molar-refractivity contribution in [3.05, 3.63) is 29.8 Å². The molecule has 4 heteroatoms. The zero-order valence-electron chi connectivity index (χ0n) is 11.3. The van der Waals surface area contributed by atoms with E-state index in [0.717, 1.165) is 26.1 Å². The molecule has 1 aliphatic rings. The van der Waals surface area contributed by atoms with E-state index in [2.05, 4.69) is 11.0 Å². The molecule has 0 radical (unpaired) electrons. The number of hydrogen-bond acceptors (Lipinski definition) is 4. The average Bonchev–Trinajstić information content (AvgIpc) is 2.92. The Kier molecular flexibility index (Phi) is 5.20. The fraction of sp³-hybridized carbons (Fsp3) is 0.533. The first-order valence-electron chi connectivity index (χ1n) is 6.65. The lowest BCUT2D eigenvalue weighted by molar-refractivity contribution is 0.0549. The lowest BCUT2D eigenvalue weighted by atomic mass is 10.1. The van der Waals surface area contributed by atoms with Crippen molar-refractivity contribution in [2.45, 2.75) is 6.42 Å². The molecule has 4 nitrogen and oxygen atoms in total. The average molecular weight is 260 g/mol. The molecule has 1 fully saturated rings. The van der Waals surface area contributed by atoms with Crippen molar-refractivity contribution in [1.82, 2.24) is 0 Å². The Morgan fingerprint density at radius 1 is 1.32 bits per heavy atom. The minimum absolute atomic E-state index is 0.590. The van der Waals surface area contributed by atoms with Crippen LogP contribution in [0.3, 0.4) is 0 Å². The first kappa shape index (κ1) is 13.9. The second-order valence-electron chi connectivity index (χ2n) is 4.83. The van der Waals surface area contributed by atoms with E-state index < -0.39 is 0 Å². The lowest BCUT2D eigenvalue weighted by Gasteiger charge is -2.18. The maximum absolute atomic E-state index is 8.79. The van der Waals surface area contributed by atoms with E-state index in [9.17, 15) is 0 Å². The van der Waals surface area contributed by atoms with Gasteiger partial charge in [-0.05, 0) is 30.7 Å². The second kappa shape index (κ2) is 7.13. The first-order valence-corrected chi connectivity index (χ1v) is 6.65. The van der Waals surface area contributed by atoms with Gasteiger partial charge in [0.05, 0.1) is 31.5 Å². The highest BCUT2D eigenvalue weighted by atomic mass is 16.5. The van der Waals surface area contributed by atoms with Gasteiger partial charge in [0.1, 0.15) is 0 Å². The Morgan fingerprint density at radius 2 is 2.11 bits per heavy atom. The van der Waals surface area contributed by atoms with Gasteiger partial charge in [-0.1, -0.05) is 0 Å². The summed E-state index contributed by atoms with van der Waals surface area (Å²) in [5, 5.41) is 8.79. The van der Waals surface area contributed by atoms with E-state index in [1.807, 2.05) is 24.3 Å². The van der Waals surface area contributed by atoms with Gasteiger partial charge in [0, 0.05) is 31.8 Å². The van der Waals surface area contributed by atoms with Crippen molar-refractivity contribution >= 4 is 5.69 Å². The molecular formula is C15H20N2O2. The molecule has 2 rings (SSSR count). The van der Waals surface area contributed by atoms with Gasteiger partial charge in [0.2, 0.25) is 0 Å². The van der Waals surface area contributed by atoms with Crippen LogP contribution in [0.5, 0.6) is 0 Å². The standard InChI is InChI=1S/C15H20N2O2/c1-18-8-9-19-12-14-6-7-17(11-14)15-4-2-13(10-16)3-5-15/h2-5,14H,6-9,11-12H2,1H3. The maximum Gasteiger partial charge on any atom is 0.0991 e. The number of ether oxygens (including phenoxy) is 2. The molecule has 1 aromatic rings. The van der Waals surface area contributed by atoms with Crippen molar-refractivity contribution in [1.29, 1.82) is 5.26 Å². The molecule has 0 bridgehead atoms. The summed E-state index contributed by atoms with van der Waals surface area (Å²) in [5.41, 5.74) is 1.90. The van der Waals surface area contributed by atoms with Crippen molar-refractivity contribution < 1.29 is 9.47 Å². The summed E-state index contributed by atoms with van der Waals surface area (Å²) in [7, 11) is 1.69. The number of nitrogens with zero attached hydrogens (tertiary/aromatic N) is 2. The van der Waals surface area contributed by atoms with E-state index in [1.54, 1.807) is 7.11 Å². The lowest BCUT2D eigenvalue weighted by Crippen LogP contribution is -2.21. The normalized spacial score (nSPS) is 18.5. The quantitative estimate of drug-likeness (QED) is 0.734. The van der Waals surface area contributed by atoms with Gasteiger partial charge in [0.25, 0.3) is 0 Å². The Balaban J connectivity index is 1.79. The van der Waals surface area contributed by atoms with Crippen LogP contribution in [0.25, 0.3) is 0 Å². The van der Waals surface area contributed by atoms with Crippen LogP contribution in [0.2, 0.25) is 0 Å². The summed E-state index contributed by atoms with van der Waals surface area (Å²) in [6.07, 6.45) is 1.16. The van der Waals surface area contributed by atoms with Gasteiger partial charge < -0.3 is 14.4 Å². The van der Waals surface area contributed by atoms with Crippen LogP contribution in [-0.2, 0) is 9.47 Å². The summed E-state index contributed by atoms with van der Waals surface area (Å²) in [6, 6.07) is 9.93. The summed E-state index contributed by atoms with van der Waals surface area (Å²) in [6.45, 7) is 4.22. The van der Waals surface area contributed by atoms with Crippen LogP contribution in [-0.4, -0.2) is 40.0 Å². The minimum atomic E-state index is 0.590. The molecular weight excluding hydrogens is 240 g/mol. The third kappa shape index (κ3) is 3.95. The molecule has 1 heterocycles. The van der Waals surface area contributed by atoms with Gasteiger partial charge >= 0.3 is 0 Å². The highest BCUT2D eigenvalue weighted by molar-refractivity contribution is 5.50. The van der Waals surface area contributed by atoms with Gasteiger partial charge in [0.15, 0.2) is 0 Å². The second-order valence-corrected chi connectivity index (χ2v) is 4.83. The first-order chi connectivity index (χ1) is 9.33. The predicted molar refractivity (Wildman–Crippen MR) is 74.2 cm³/mol. The largest absolute Gasteiger partial charge is 0.382 e. The highest BCUT2D eigenvalue weighted by Gasteiger charge is 2.22. The van der Waals surface area contributed by atoms with Crippen molar-refractivity contribution in [2.24, 2.45) is 5.92 Å². The van der Waals surface area contributed by atoms with Gasteiger partial charge in [-0.2, -0.15) is 5.26 Å². The Morgan fingerprint density at radius 3 is 2.79 bits per heavy atom. The third-order valence-electron chi connectivity index (χ3n) is 3.43. The number of methoxy groups -OCH3 is 1. The number of anilines is 1. The monoisotopic (exact) mass is 260 g/mol. The molecule has 1 unspecified atom stereocenters. The molecule has 0 spiro atoms. The van der Waals surface area contributed by atoms with E-state index in [1.165, 1.54) is 5.69 Å². The van der Waals surface area contributed by atoms with E-state index in [-0.39, 0.29) is 0 Å². The molecule has 0 saturated carbocycles. The Bertz CT molecular complexity index is 425. The minimum Gasteiger partial charge on any atom is -0.382 e. The molecule has 1 saturated heterocycles. The molecule has 1 aliphatic heterocycles. The summed E-state index contributed by atoms with van der Waals surface area (Å²) in [5.74, 6) is 0.590.